The van der Waals surface area contributed by atoms with Crippen LogP contribution in [0.5, 0.6) is 0 Å². The molecule has 0 bridgehead atoms. The van der Waals surface area contributed by atoms with Crippen molar-refractivity contribution < 1.29 is 17.6 Å². The van der Waals surface area contributed by atoms with E-state index < -0.39 is 12.2 Å². The normalized spacial score (nSPS) is 10.7. The Balaban J connectivity index is 0.000000276. The maximum absolute atomic E-state index is 12.1. The third kappa shape index (κ3) is 17.7. The number of halogens is 4. The van der Waals surface area contributed by atoms with Crippen LogP contribution in [0.4, 0.5) is 17.6 Å². The van der Waals surface area contributed by atoms with Crippen molar-refractivity contribution in [1.82, 2.24) is 0 Å². The van der Waals surface area contributed by atoms with E-state index in [1.165, 1.54) is 106 Å². The van der Waals surface area contributed by atoms with E-state index in [1.807, 2.05) is 48.5 Å². The fourth-order valence-electron chi connectivity index (χ4n) is 6.18. The summed E-state index contributed by atoms with van der Waals surface area (Å²) in [5, 5.41) is 0. The van der Waals surface area contributed by atoms with Gasteiger partial charge in [-0.05, 0) is 95.2 Å². The van der Waals surface area contributed by atoms with Gasteiger partial charge < -0.3 is 0 Å². The number of rotatable bonds is 21. The maximum Gasteiger partial charge on any atom is 0.266 e. The summed E-state index contributed by atoms with van der Waals surface area (Å²) in [5.74, 6) is 0. The Labute approximate surface area is 305 Å². The van der Waals surface area contributed by atoms with Crippen LogP contribution < -0.4 is 0 Å². The molecule has 0 aromatic heterocycles. The van der Waals surface area contributed by atoms with E-state index in [0.29, 0.717) is 0 Å². The average Bonchev–Trinajstić information content (AvgIpc) is 3.15. The zero-order valence-corrected chi connectivity index (χ0v) is 30.9. The molecule has 0 nitrogen and oxygen atoms in total. The topological polar surface area (TPSA) is 0 Å². The van der Waals surface area contributed by atoms with Crippen LogP contribution in [0.2, 0.25) is 0 Å². The fourth-order valence-corrected chi connectivity index (χ4v) is 6.18. The lowest BCUT2D eigenvalue weighted by atomic mass is 9.99. The molecule has 0 saturated carbocycles. The summed E-state index contributed by atoms with van der Waals surface area (Å²) < 4.78 is 48.5. The first kappa shape index (κ1) is 41.5. The molecular weight excluding hydrogens is 641 g/mol. The maximum atomic E-state index is 12.1. The van der Waals surface area contributed by atoms with Gasteiger partial charge in [0.25, 0.3) is 12.2 Å². The van der Waals surface area contributed by atoms with Gasteiger partial charge in [-0.25, -0.2) is 0 Å². The number of unbranched alkanes of at least 4 members (excludes halogenated alkanes) is 11. The fraction of sp³-hybridized carbons (Fsp3) is 0.404. The molecule has 0 aliphatic carbocycles. The Bertz CT molecular complexity index is 1520. The molecule has 0 atom stereocenters. The standard InChI is InChI=1S/C24H30F2.C23H28F2/c1-2-3-4-5-6-7-8-9-20-10-15-22(16-11-20)23-17-12-21(13-18-23)14-19-24(25)26;1-2-3-4-5-6-7-8-19-9-14-21(15-10-19)22-16-11-20(12-17-22)13-18-23(24)25/h10-13,15-19H,2-9,14H2,1H3;9-12,14-18H,2-8,13H2,1H3. The first-order valence-corrected chi connectivity index (χ1v) is 19.3. The van der Waals surface area contributed by atoms with Crippen LogP contribution >= 0.6 is 0 Å². The number of allylic oxidation sites excluding steroid dienone is 2. The molecule has 4 aromatic carbocycles. The molecule has 0 saturated heterocycles. The van der Waals surface area contributed by atoms with E-state index in [2.05, 4.69) is 62.4 Å². The van der Waals surface area contributed by atoms with E-state index in [-0.39, 0.29) is 12.8 Å². The zero-order valence-electron chi connectivity index (χ0n) is 30.9. The quantitative estimate of drug-likeness (QED) is 0.0600. The van der Waals surface area contributed by atoms with Gasteiger partial charge in [0.15, 0.2) is 0 Å². The van der Waals surface area contributed by atoms with Gasteiger partial charge >= 0.3 is 0 Å². The molecule has 4 heteroatoms. The van der Waals surface area contributed by atoms with Gasteiger partial charge in [0.1, 0.15) is 0 Å². The van der Waals surface area contributed by atoms with E-state index >= 15 is 0 Å². The number of aryl methyl sites for hydroxylation is 2. The van der Waals surface area contributed by atoms with Crippen LogP contribution in [0.3, 0.4) is 0 Å². The van der Waals surface area contributed by atoms with E-state index in [1.54, 1.807) is 0 Å². The van der Waals surface area contributed by atoms with Crippen LogP contribution in [-0.4, -0.2) is 0 Å². The Morgan fingerprint density at radius 3 is 0.882 bits per heavy atom. The Hall–Kier alpha value is -3.92. The first-order chi connectivity index (χ1) is 24.9. The third-order valence-electron chi connectivity index (χ3n) is 9.35. The van der Waals surface area contributed by atoms with Crippen LogP contribution in [0.15, 0.2) is 121 Å². The van der Waals surface area contributed by atoms with Crippen molar-refractivity contribution in [3.63, 3.8) is 0 Å². The Morgan fingerprint density at radius 2 is 0.608 bits per heavy atom. The summed E-state index contributed by atoms with van der Waals surface area (Å²) in [4.78, 5) is 0. The van der Waals surface area contributed by atoms with Crippen LogP contribution in [0.25, 0.3) is 22.3 Å². The molecule has 274 valence electrons. The van der Waals surface area contributed by atoms with E-state index in [9.17, 15) is 17.6 Å². The molecule has 4 rings (SSSR count). The van der Waals surface area contributed by atoms with Gasteiger partial charge in [-0.2, -0.15) is 17.6 Å². The molecule has 0 fully saturated rings. The molecule has 0 unspecified atom stereocenters. The first-order valence-electron chi connectivity index (χ1n) is 19.3. The van der Waals surface area contributed by atoms with Gasteiger partial charge in [-0.1, -0.05) is 182 Å². The SMILES string of the molecule is CCCCCCCCCc1ccc(-c2ccc(CC=C(F)F)cc2)cc1.CCCCCCCCc1ccc(-c2ccc(CC=C(F)F)cc2)cc1. The van der Waals surface area contributed by atoms with E-state index in [4.69, 9.17) is 0 Å². The average molecular weight is 699 g/mol. The Kier molecular flexibility index (Phi) is 20.4. The second-order valence-corrected chi connectivity index (χ2v) is 13.6. The zero-order chi connectivity index (χ0) is 36.5. The van der Waals surface area contributed by atoms with Gasteiger partial charge in [-0.3, -0.25) is 0 Å². The minimum Gasteiger partial charge on any atom is -0.174 e. The molecule has 0 radical (unpaired) electrons. The lowest BCUT2D eigenvalue weighted by Crippen LogP contribution is -1.87. The number of hydrogen-bond donors (Lipinski definition) is 0. The molecule has 0 aliphatic heterocycles. The van der Waals surface area contributed by atoms with Gasteiger partial charge in [0, 0.05) is 0 Å². The van der Waals surface area contributed by atoms with Crippen molar-refractivity contribution >= 4 is 0 Å². The predicted octanol–water partition coefficient (Wildman–Crippen LogP) is 15.5. The largest absolute Gasteiger partial charge is 0.266 e. The van der Waals surface area contributed by atoms with Crippen LogP contribution in [-0.2, 0) is 25.7 Å². The second-order valence-electron chi connectivity index (χ2n) is 13.6. The highest BCUT2D eigenvalue weighted by molar-refractivity contribution is 5.65. The minimum absolute atomic E-state index is 0.278. The van der Waals surface area contributed by atoms with E-state index in [0.717, 1.165) is 47.2 Å². The monoisotopic (exact) mass is 698 g/mol. The lowest BCUT2D eigenvalue weighted by Gasteiger charge is -2.06. The minimum atomic E-state index is -1.62. The van der Waals surface area contributed by atoms with Crippen molar-refractivity contribution in [3.05, 3.63) is 144 Å². The molecular formula is C47H58F4. The summed E-state index contributed by atoms with van der Waals surface area (Å²) in [6, 6.07) is 33.1. The predicted molar refractivity (Wildman–Crippen MR) is 211 cm³/mol. The van der Waals surface area contributed by atoms with Crippen LogP contribution in [0, 0.1) is 0 Å². The lowest BCUT2D eigenvalue weighted by molar-refractivity contribution is 0.418. The second kappa shape index (κ2) is 25.1. The number of benzene rings is 4. The summed E-state index contributed by atoms with van der Waals surface area (Å²) in [6.07, 6.45) is 18.8. The summed E-state index contributed by atoms with van der Waals surface area (Å²) in [7, 11) is 0. The molecule has 0 N–H and O–H groups in total. The summed E-state index contributed by atoms with van der Waals surface area (Å²) in [5.41, 5.74) is 9.17. The molecule has 0 amide bonds. The highest BCUT2D eigenvalue weighted by atomic mass is 19.3. The summed E-state index contributed by atoms with van der Waals surface area (Å²) >= 11 is 0. The van der Waals surface area contributed by atoms with Crippen molar-refractivity contribution in [1.29, 1.82) is 0 Å². The highest BCUT2D eigenvalue weighted by Gasteiger charge is 2.02. The van der Waals surface area contributed by atoms with Gasteiger partial charge in [0.05, 0.1) is 0 Å². The smallest absolute Gasteiger partial charge is 0.174 e. The summed E-state index contributed by atoms with van der Waals surface area (Å²) in [6.45, 7) is 4.50. The highest BCUT2D eigenvalue weighted by Crippen LogP contribution is 2.23. The van der Waals surface area contributed by atoms with Gasteiger partial charge in [-0.15, -0.1) is 0 Å². The molecule has 0 heterocycles. The van der Waals surface area contributed by atoms with Crippen LogP contribution in [0.1, 0.15) is 120 Å². The third-order valence-corrected chi connectivity index (χ3v) is 9.35. The molecule has 4 aromatic rings. The number of hydrogen-bond acceptors (Lipinski definition) is 0. The van der Waals surface area contributed by atoms with Crippen molar-refractivity contribution in [2.45, 2.75) is 123 Å². The Morgan fingerprint density at radius 1 is 0.353 bits per heavy atom. The van der Waals surface area contributed by atoms with Crippen molar-refractivity contribution in [2.24, 2.45) is 0 Å². The molecule has 51 heavy (non-hydrogen) atoms. The van der Waals surface area contributed by atoms with Crippen molar-refractivity contribution in [3.8, 4) is 22.3 Å². The molecule has 0 aliphatic rings. The van der Waals surface area contributed by atoms with Crippen molar-refractivity contribution in [2.75, 3.05) is 0 Å². The molecule has 0 spiro atoms. The van der Waals surface area contributed by atoms with Gasteiger partial charge in [0.2, 0.25) is 0 Å².